The van der Waals surface area contributed by atoms with Gasteiger partial charge < -0.3 is 15.0 Å². The summed E-state index contributed by atoms with van der Waals surface area (Å²) in [5.41, 5.74) is 3.20. The van der Waals surface area contributed by atoms with Crippen molar-refractivity contribution >= 4 is 59.9 Å². The van der Waals surface area contributed by atoms with Crippen LogP contribution in [0.1, 0.15) is 53.4 Å². The van der Waals surface area contributed by atoms with Crippen LogP contribution in [0.5, 0.6) is 0 Å². The first-order valence-electron chi connectivity index (χ1n) is 14.1. The number of hydrogen-bond acceptors (Lipinski definition) is 8. The Morgan fingerprint density at radius 1 is 1.07 bits per heavy atom. The minimum Gasteiger partial charge on any atom is -0.453 e. The highest BCUT2D eigenvalue weighted by molar-refractivity contribution is 7.89. The van der Waals surface area contributed by atoms with E-state index in [4.69, 9.17) is 9.72 Å². The Morgan fingerprint density at radius 3 is 2.60 bits per heavy atom. The fraction of sp³-hybridized carbons (Fsp3) is 0.367. The highest BCUT2D eigenvalue weighted by Gasteiger charge is 2.33. The Labute approximate surface area is 253 Å². The van der Waals surface area contributed by atoms with Gasteiger partial charge in [0.2, 0.25) is 10.0 Å². The van der Waals surface area contributed by atoms with Crippen molar-refractivity contribution in [3.63, 3.8) is 0 Å². The molecular formula is C30H32N4O5S3. The smallest absolute Gasteiger partial charge is 0.409 e. The highest BCUT2D eigenvalue weighted by Crippen LogP contribution is 2.46. The highest BCUT2D eigenvalue weighted by atomic mass is 32.2. The zero-order chi connectivity index (χ0) is 29.4. The first kappa shape index (κ1) is 28.8. The van der Waals surface area contributed by atoms with Crippen molar-refractivity contribution < 1.29 is 22.7 Å². The number of carbonyl (C=O) groups is 2. The third-order valence-corrected chi connectivity index (χ3v) is 12.1. The summed E-state index contributed by atoms with van der Waals surface area (Å²) >= 11 is 3.00. The van der Waals surface area contributed by atoms with Gasteiger partial charge in [-0.3, -0.25) is 4.79 Å². The standard InChI is InChI=1S/C30H32N4O5S3/c1-3-20-8-6-7-16-34(20)42(37,38)21-13-11-19(12-14-21)27(35)32-29-26(28-31-23-9-4-5-10-24(23)40-28)22-15-17-33(30(36)39-2)18-25(22)41-29/h4-5,9-14,20H,3,6-8,15-18H2,1-2H3,(H,32,35). The lowest BCUT2D eigenvalue weighted by molar-refractivity contribution is 0.102. The summed E-state index contributed by atoms with van der Waals surface area (Å²) < 4.78 is 34.4. The third-order valence-electron chi connectivity index (χ3n) is 7.99. The van der Waals surface area contributed by atoms with Crippen molar-refractivity contribution in [2.24, 2.45) is 0 Å². The molecule has 0 radical (unpaired) electrons. The van der Waals surface area contributed by atoms with Gasteiger partial charge in [-0.2, -0.15) is 4.31 Å². The van der Waals surface area contributed by atoms with Gasteiger partial charge >= 0.3 is 6.09 Å². The summed E-state index contributed by atoms with van der Waals surface area (Å²) in [6.07, 6.45) is 3.77. The van der Waals surface area contributed by atoms with E-state index in [1.807, 2.05) is 31.2 Å². The molecule has 9 nitrogen and oxygen atoms in total. The Balaban J connectivity index is 1.30. The van der Waals surface area contributed by atoms with E-state index >= 15 is 0 Å². The van der Waals surface area contributed by atoms with E-state index in [0.717, 1.165) is 56.9 Å². The van der Waals surface area contributed by atoms with Crippen molar-refractivity contribution in [3.05, 3.63) is 64.5 Å². The molecule has 1 atom stereocenters. The van der Waals surface area contributed by atoms with Gasteiger partial charge in [-0.1, -0.05) is 25.5 Å². The fourth-order valence-electron chi connectivity index (χ4n) is 5.77. The number of fused-ring (bicyclic) bond motifs is 2. The number of sulfonamides is 1. The van der Waals surface area contributed by atoms with E-state index in [-0.39, 0.29) is 22.9 Å². The number of carbonyl (C=O) groups excluding carboxylic acids is 2. The quantitative estimate of drug-likeness (QED) is 0.268. The Morgan fingerprint density at radius 2 is 1.86 bits per heavy atom. The number of thiazole rings is 1. The van der Waals surface area contributed by atoms with Crippen LogP contribution in [0.4, 0.5) is 9.80 Å². The number of nitrogens with zero attached hydrogens (tertiary/aromatic N) is 3. The molecule has 1 fully saturated rings. The van der Waals surface area contributed by atoms with E-state index in [9.17, 15) is 18.0 Å². The van der Waals surface area contributed by atoms with E-state index in [0.29, 0.717) is 36.6 Å². The first-order chi connectivity index (χ1) is 20.3. The number of ether oxygens (including phenoxy) is 1. The second-order valence-corrected chi connectivity index (χ2v) is 14.5. The van der Waals surface area contributed by atoms with E-state index in [1.165, 1.54) is 30.6 Å². The lowest BCUT2D eigenvalue weighted by Gasteiger charge is -2.34. The molecule has 2 aromatic carbocycles. The molecule has 220 valence electrons. The summed E-state index contributed by atoms with van der Waals surface area (Å²) in [7, 11) is -2.27. The summed E-state index contributed by atoms with van der Waals surface area (Å²) in [6.45, 7) is 3.44. The van der Waals surface area contributed by atoms with Crippen LogP contribution in [0.15, 0.2) is 53.4 Å². The predicted octanol–water partition coefficient (Wildman–Crippen LogP) is 6.35. The van der Waals surface area contributed by atoms with Gasteiger partial charge in [0.15, 0.2) is 0 Å². The van der Waals surface area contributed by atoms with Gasteiger partial charge in [0.1, 0.15) is 10.0 Å². The van der Waals surface area contributed by atoms with Crippen molar-refractivity contribution in [2.75, 3.05) is 25.5 Å². The number of piperidine rings is 1. The molecule has 12 heteroatoms. The molecule has 4 aromatic rings. The molecule has 6 rings (SSSR count). The molecule has 2 aliphatic rings. The number of rotatable bonds is 6. The normalized spacial score (nSPS) is 17.7. The van der Waals surface area contributed by atoms with Crippen LogP contribution >= 0.6 is 22.7 Å². The molecule has 2 amide bonds. The van der Waals surface area contributed by atoms with Crippen molar-refractivity contribution in [2.45, 2.75) is 56.5 Å². The maximum Gasteiger partial charge on any atom is 0.409 e. The third kappa shape index (κ3) is 5.32. The van der Waals surface area contributed by atoms with Crippen LogP contribution in [0.25, 0.3) is 20.8 Å². The van der Waals surface area contributed by atoms with Crippen LogP contribution in [0, 0.1) is 0 Å². The second-order valence-electron chi connectivity index (χ2n) is 10.5. The molecule has 0 saturated carbocycles. The Hall–Kier alpha value is -3.32. The first-order valence-corrected chi connectivity index (χ1v) is 17.1. The Bertz CT molecular complexity index is 1710. The predicted molar refractivity (Wildman–Crippen MR) is 166 cm³/mol. The number of amides is 2. The fourth-order valence-corrected chi connectivity index (χ4v) is 9.91. The number of methoxy groups -OCH3 is 1. The molecule has 4 heterocycles. The van der Waals surface area contributed by atoms with Crippen LogP contribution in [-0.2, 0) is 27.7 Å². The number of aromatic nitrogens is 1. The maximum atomic E-state index is 13.5. The average Bonchev–Trinajstić information content (AvgIpc) is 3.60. The summed E-state index contributed by atoms with van der Waals surface area (Å²) in [6, 6.07) is 14.1. The number of anilines is 1. The topological polar surface area (TPSA) is 109 Å². The molecule has 2 aliphatic heterocycles. The van der Waals surface area contributed by atoms with Crippen molar-refractivity contribution in [1.82, 2.24) is 14.2 Å². The monoisotopic (exact) mass is 624 g/mol. The molecule has 1 unspecified atom stereocenters. The summed E-state index contributed by atoms with van der Waals surface area (Å²) in [4.78, 5) is 33.4. The second kappa shape index (κ2) is 11.8. The van der Waals surface area contributed by atoms with Crippen LogP contribution in [0.3, 0.4) is 0 Å². The molecule has 1 N–H and O–H groups in total. The zero-order valence-corrected chi connectivity index (χ0v) is 25.9. The zero-order valence-electron chi connectivity index (χ0n) is 23.5. The lowest BCUT2D eigenvalue weighted by atomic mass is 10.0. The number of thiophene rings is 1. The van der Waals surface area contributed by atoms with Gasteiger partial charge in [-0.25, -0.2) is 18.2 Å². The van der Waals surface area contributed by atoms with Gasteiger partial charge in [0.05, 0.1) is 28.8 Å². The van der Waals surface area contributed by atoms with Gasteiger partial charge in [0, 0.05) is 35.1 Å². The molecule has 0 spiro atoms. The SMILES string of the molecule is CCC1CCCCN1S(=O)(=O)c1ccc(C(=O)Nc2sc3c(c2-c2nc4ccccc4s2)CCN(C(=O)OC)C3)cc1. The van der Waals surface area contributed by atoms with E-state index in [1.54, 1.807) is 32.7 Å². The van der Waals surface area contributed by atoms with E-state index in [2.05, 4.69) is 5.32 Å². The van der Waals surface area contributed by atoms with Crippen LogP contribution < -0.4 is 5.32 Å². The van der Waals surface area contributed by atoms with Crippen LogP contribution in [0.2, 0.25) is 0 Å². The van der Waals surface area contributed by atoms with E-state index < -0.39 is 10.0 Å². The molecule has 1 saturated heterocycles. The average molecular weight is 625 g/mol. The summed E-state index contributed by atoms with van der Waals surface area (Å²) in [5.74, 6) is -0.339. The molecular weight excluding hydrogens is 593 g/mol. The molecule has 0 aliphatic carbocycles. The molecule has 0 bridgehead atoms. The van der Waals surface area contributed by atoms with Crippen molar-refractivity contribution in [3.8, 4) is 10.6 Å². The number of nitrogens with one attached hydrogen (secondary N) is 1. The number of benzene rings is 2. The lowest BCUT2D eigenvalue weighted by Crippen LogP contribution is -2.43. The van der Waals surface area contributed by atoms with Gasteiger partial charge in [0.25, 0.3) is 5.91 Å². The van der Waals surface area contributed by atoms with Gasteiger partial charge in [-0.15, -0.1) is 22.7 Å². The maximum absolute atomic E-state index is 13.5. The van der Waals surface area contributed by atoms with Crippen molar-refractivity contribution in [1.29, 1.82) is 0 Å². The molecule has 2 aromatic heterocycles. The largest absolute Gasteiger partial charge is 0.453 e. The number of hydrogen-bond donors (Lipinski definition) is 1. The molecule has 42 heavy (non-hydrogen) atoms. The minimum atomic E-state index is -3.64. The van der Waals surface area contributed by atoms with Gasteiger partial charge in [-0.05, 0) is 67.6 Å². The number of para-hydroxylation sites is 1. The summed E-state index contributed by atoms with van der Waals surface area (Å²) in [5, 5.41) is 4.54. The van der Waals surface area contributed by atoms with Crippen LogP contribution in [-0.4, -0.2) is 60.8 Å². The minimum absolute atomic E-state index is 0.00706. The Kier molecular flexibility index (Phi) is 8.05.